The highest BCUT2D eigenvalue weighted by atomic mass is 32.2. The Balaban J connectivity index is 1.78. The molecule has 1 fully saturated rings. The van der Waals surface area contributed by atoms with Crippen LogP contribution < -0.4 is 16.0 Å². The SMILES string of the molecule is CNC(=O)NC(=O)C(C)Nc1ccc(CCN2CCSCC2)cc1. The molecule has 0 saturated carbocycles. The molecule has 0 aliphatic carbocycles. The number of carbonyl (C=O) groups excluding carboxylic acids is 2. The zero-order chi connectivity index (χ0) is 17.4. The first-order chi connectivity index (χ1) is 11.6. The van der Waals surface area contributed by atoms with E-state index >= 15 is 0 Å². The van der Waals surface area contributed by atoms with Gasteiger partial charge in [-0.05, 0) is 31.0 Å². The van der Waals surface area contributed by atoms with E-state index in [2.05, 4.69) is 33.0 Å². The number of urea groups is 1. The van der Waals surface area contributed by atoms with Gasteiger partial charge in [0, 0.05) is 43.9 Å². The number of rotatable bonds is 6. The maximum absolute atomic E-state index is 11.8. The van der Waals surface area contributed by atoms with Crippen LogP contribution in [0, 0.1) is 0 Å². The van der Waals surface area contributed by atoms with Crippen molar-refractivity contribution in [2.75, 3.05) is 43.5 Å². The molecule has 1 aromatic rings. The van der Waals surface area contributed by atoms with Gasteiger partial charge >= 0.3 is 6.03 Å². The van der Waals surface area contributed by atoms with E-state index in [0.717, 1.165) is 18.7 Å². The molecule has 0 spiro atoms. The summed E-state index contributed by atoms with van der Waals surface area (Å²) in [6.07, 6.45) is 1.04. The molecule has 0 aromatic heterocycles. The van der Waals surface area contributed by atoms with Crippen LogP contribution in [-0.2, 0) is 11.2 Å². The fraction of sp³-hybridized carbons (Fsp3) is 0.529. The lowest BCUT2D eigenvalue weighted by molar-refractivity contribution is -0.120. The third-order valence-electron chi connectivity index (χ3n) is 4.01. The van der Waals surface area contributed by atoms with Gasteiger partial charge in [0.2, 0.25) is 5.91 Å². The molecule has 1 unspecified atom stereocenters. The minimum atomic E-state index is -0.500. The molecule has 1 aliphatic rings. The lowest BCUT2D eigenvalue weighted by Gasteiger charge is -2.26. The molecule has 24 heavy (non-hydrogen) atoms. The lowest BCUT2D eigenvalue weighted by Crippen LogP contribution is -2.44. The normalized spacial score (nSPS) is 16.2. The van der Waals surface area contributed by atoms with Gasteiger partial charge in [0.15, 0.2) is 0 Å². The highest BCUT2D eigenvalue weighted by Crippen LogP contribution is 2.13. The molecule has 132 valence electrons. The number of hydrogen-bond donors (Lipinski definition) is 3. The molecule has 1 aliphatic heterocycles. The molecule has 7 heteroatoms. The van der Waals surface area contributed by atoms with Crippen LogP contribution in [-0.4, -0.2) is 61.1 Å². The summed E-state index contributed by atoms with van der Waals surface area (Å²) < 4.78 is 0. The summed E-state index contributed by atoms with van der Waals surface area (Å²) in [5.41, 5.74) is 2.16. The van der Waals surface area contributed by atoms with Gasteiger partial charge in [-0.1, -0.05) is 12.1 Å². The largest absolute Gasteiger partial charge is 0.374 e. The van der Waals surface area contributed by atoms with E-state index < -0.39 is 12.1 Å². The van der Waals surface area contributed by atoms with Gasteiger partial charge in [-0.3, -0.25) is 10.1 Å². The summed E-state index contributed by atoms with van der Waals surface area (Å²) in [5, 5.41) is 7.72. The van der Waals surface area contributed by atoms with Gasteiger partial charge < -0.3 is 15.5 Å². The van der Waals surface area contributed by atoms with E-state index in [-0.39, 0.29) is 5.91 Å². The van der Waals surface area contributed by atoms with Crippen LogP contribution in [0.5, 0.6) is 0 Å². The zero-order valence-electron chi connectivity index (χ0n) is 14.3. The molecule has 1 saturated heterocycles. The van der Waals surface area contributed by atoms with Crippen molar-refractivity contribution in [3.05, 3.63) is 29.8 Å². The Kier molecular flexibility index (Phi) is 7.39. The van der Waals surface area contributed by atoms with Gasteiger partial charge in [-0.25, -0.2) is 4.79 Å². The smallest absolute Gasteiger partial charge is 0.321 e. The Hall–Kier alpha value is -1.73. The van der Waals surface area contributed by atoms with Crippen molar-refractivity contribution >= 4 is 29.4 Å². The first-order valence-electron chi connectivity index (χ1n) is 8.26. The molecular formula is C17H26N4O2S. The molecule has 3 N–H and O–H groups in total. The van der Waals surface area contributed by atoms with E-state index in [1.807, 2.05) is 23.9 Å². The van der Waals surface area contributed by atoms with Gasteiger partial charge in [-0.15, -0.1) is 0 Å². The summed E-state index contributed by atoms with van der Waals surface area (Å²) in [6.45, 7) is 5.18. The van der Waals surface area contributed by atoms with Crippen molar-refractivity contribution in [1.82, 2.24) is 15.5 Å². The standard InChI is InChI=1S/C17H26N4O2S/c1-13(16(22)20-17(23)18-2)19-15-5-3-14(4-6-15)7-8-21-9-11-24-12-10-21/h3-6,13,19H,7-12H2,1-2H3,(H2,18,20,22,23). The summed E-state index contributed by atoms with van der Waals surface area (Å²) >= 11 is 2.03. The number of amides is 3. The molecular weight excluding hydrogens is 324 g/mol. The molecule has 1 aromatic carbocycles. The Morgan fingerprint density at radius 1 is 1.21 bits per heavy atom. The molecule has 6 nitrogen and oxygen atoms in total. The summed E-state index contributed by atoms with van der Waals surface area (Å²) in [6, 6.07) is 7.14. The highest BCUT2D eigenvalue weighted by Gasteiger charge is 2.15. The van der Waals surface area contributed by atoms with Gasteiger partial charge in [0.05, 0.1) is 0 Å². The molecule has 2 rings (SSSR count). The van der Waals surface area contributed by atoms with Gasteiger partial charge in [-0.2, -0.15) is 11.8 Å². The number of nitrogens with zero attached hydrogens (tertiary/aromatic N) is 1. The van der Waals surface area contributed by atoms with Crippen molar-refractivity contribution in [1.29, 1.82) is 0 Å². The zero-order valence-corrected chi connectivity index (χ0v) is 15.1. The summed E-state index contributed by atoms with van der Waals surface area (Å²) in [7, 11) is 1.47. The highest BCUT2D eigenvalue weighted by molar-refractivity contribution is 7.99. The van der Waals surface area contributed by atoms with Crippen molar-refractivity contribution in [3.63, 3.8) is 0 Å². The number of nitrogens with one attached hydrogen (secondary N) is 3. The molecule has 0 radical (unpaired) electrons. The Morgan fingerprint density at radius 2 is 1.88 bits per heavy atom. The maximum atomic E-state index is 11.8. The van der Waals surface area contributed by atoms with E-state index in [1.54, 1.807) is 6.92 Å². The maximum Gasteiger partial charge on any atom is 0.321 e. The predicted octanol–water partition coefficient (Wildman–Crippen LogP) is 1.53. The minimum absolute atomic E-state index is 0.360. The number of benzene rings is 1. The topological polar surface area (TPSA) is 73.5 Å². The van der Waals surface area contributed by atoms with Crippen LogP contribution in [0.25, 0.3) is 0 Å². The fourth-order valence-corrected chi connectivity index (χ4v) is 3.46. The van der Waals surface area contributed by atoms with Crippen LogP contribution >= 0.6 is 11.8 Å². The van der Waals surface area contributed by atoms with Crippen LogP contribution in [0.2, 0.25) is 0 Å². The lowest BCUT2D eigenvalue weighted by atomic mass is 10.1. The van der Waals surface area contributed by atoms with Crippen LogP contribution in [0.1, 0.15) is 12.5 Å². The number of carbonyl (C=O) groups is 2. The number of thioether (sulfide) groups is 1. The second-order valence-electron chi connectivity index (χ2n) is 5.84. The third kappa shape index (κ3) is 6.05. The quantitative estimate of drug-likeness (QED) is 0.726. The number of anilines is 1. The van der Waals surface area contributed by atoms with Crippen LogP contribution in [0.3, 0.4) is 0 Å². The van der Waals surface area contributed by atoms with Gasteiger partial charge in [0.1, 0.15) is 6.04 Å². The van der Waals surface area contributed by atoms with E-state index in [0.29, 0.717) is 0 Å². The number of imide groups is 1. The predicted molar refractivity (Wildman–Crippen MR) is 99.6 cm³/mol. The molecule has 1 atom stereocenters. The summed E-state index contributed by atoms with van der Waals surface area (Å²) in [5.74, 6) is 2.11. The first-order valence-corrected chi connectivity index (χ1v) is 9.42. The van der Waals surface area contributed by atoms with Crippen molar-refractivity contribution < 1.29 is 9.59 Å². The van der Waals surface area contributed by atoms with E-state index in [9.17, 15) is 9.59 Å². The third-order valence-corrected chi connectivity index (χ3v) is 4.96. The molecule has 3 amide bonds. The average molecular weight is 350 g/mol. The monoisotopic (exact) mass is 350 g/mol. The van der Waals surface area contributed by atoms with Crippen LogP contribution in [0.15, 0.2) is 24.3 Å². The number of hydrogen-bond acceptors (Lipinski definition) is 5. The Labute approximate surface area is 147 Å². The van der Waals surface area contributed by atoms with Crippen molar-refractivity contribution in [2.24, 2.45) is 0 Å². The first kappa shape index (κ1) is 18.6. The average Bonchev–Trinajstić information content (AvgIpc) is 2.61. The summed E-state index contributed by atoms with van der Waals surface area (Å²) in [4.78, 5) is 25.5. The Morgan fingerprint density at radius 3 is 2.50 bits per heavy atom. The second-order valence-corrected chi connectivity index (χ2v) is 7.06. The second kappa shape index (κ2) is 9.54. The molecule has 0 bridgehead atoms. The van der Waals surface area contributed by atoms with Crippen molar-refractivity contribution in [3.8, 4) is 0 Å². The van der Waals surface area contributed by atoms with Gasteiger partial charge in [0.25, 0.3) is 0 Å². The van der Waals surface area contributed by atoms with E-state index in [1.165, 1.54) is 37.2 Å². The Bertz CT molecular complexity index is 544. The van der Waals surface area contributed by atoms with Crippen molar-refractivity contribution in [2.45, 2.75) is 19.4 Å². The minimum Gasteiger partial charge on any atom is -0.374 e. The van der Waals surface area contributed by atoms with Crippen LogP contribution in [0.4, 0.5) is 10.5 Å². The van der Waals surface area contributed by atoms with E-state index in [4.69, 9.17) is 0 Å². The molecule has 1 heterocycles. The fourth-order valence-electron chi connectivity index (χ4n) is 2.48.